The number of carbonyl (C=O) groups excluding carboxylic acids is 2. The van der Waals surface area contributed by atoms with Gasteiger partial charge in [0.1, 0.15) is 0 Å². The van der Waals surface area contributed by atoms with Crippen LogP contribution < -0.4 is 0 Å². The first-order chi connectivity index (χ1) is 8.90. The van der Waals surface area contributed by atoms with E-state index in [0.717, 1.165) is 0 Å². The summed E-state index contributed by atoms with van der Waals surface area (Å²) in [4.78, 5) is 25.2. The molecule has 0 aromatic heterocycles. The van der Waals surface area contributed by atoms with E-state index in [2.05, 4.69) is 0 Å². The summed E-state index contributed by atoms with van der Waals surface area (Å²) in [6, 6.07) is -0.0801. The van der Waals surface area contributed by atoms with Crippen molar-refractivity contribution in [3.63, 3.8) is 0 Å². The van der Waals surface area contributed by atoms with Crippen LogP contribution in [0.3, 0.4) is 0 Å². The first-order valence-electron chi connectivity index (χ1n) is 7.00. The van der Waals surface area contributed by atoms with E-state index in [1.54, 1.807) is 18.7 Å². The lowest BCUT2D eigenvalue weighted by atomic mass is 9.89. The number of hydrogen-bond donors (Lipinski definition) is 0. The van der Waals surface area contributed by atoms with Gasteiger partial charge in [0.15, 0.2) is 0 Å². The van der Waals surface area contributed by atoms with E-state index in [1.165, 1.54) is 0 Å². The summed E-state index contributed by atoms with van der Waals surface area (Å²) in [5.74, 6) is -0.469. The molecule has 0 saturated heterocycles. The van der Waals surface area contributed by atoms with Crippen LogP contribution in [-0.4, -0.2) is 42.8 Å². The van der Waals surface area contributed by atoms with Crippen LogP contribution in [-0.2, 0) is 14.3 Å². The van der Waals surface area contributed by atoms with Crippen LogP contribution in [0.1, 0.15) is 41.5 Å². The molecule has 0 aliphatic rings. The molecule has 0 heterocycles. The van der Waals surface area contributed by atoms with Gasteiger partial charge < -0.3 is 14.4 Å². The summed E-state index contributed by atoms with van der Waals surface area (Å²) < 4.78 is 10.0. The second kappa shape index (κ2) is 8.77. The fraction of sp³-hybridized carbons (Fsp3) is 0.857. The lowest BCUT2D eigenvalue weighted by molar-refractivity contribution is -0.149. The molecule has 0 aromatic rings. The van der Waals surface area contributed by atoms with E-state index >= 15 is 0 Å². The van der Waals surface area contributed by atoms with Gasteiger partial charge in [0.2, 0.25) is 0 Å². The lowest BCUT2D eigenvalue weighted by Gasteiger charge is -2.33. The number of nitrogens with zero attached hydrogens (tertiary/aromatic N) is 1. The molecule has 1 amide bonds. The molecule has 0 fully saturated rings. The van der Waals surface area contributed by atoms with Gasteiger partial charge in [-0.2, -0.15) is 0 Å². The smallest absolute Gasteiger partial charge is 0.409 e. The second-order valence-electron chi connectivity index (χ2n) is 4.63. The Hall–Kier alpha value is -1.26. The maximum atomic E-state index is 11.8. The average Bonchev–Trinajstić information content (AvgIpc) is 2.38. The molecule has 0 aliphatic heterocycles. The molecule has 19 heavy (non-hydrogen) atoms. The Morgan fingerprint density at radius 2 is 1.53 bits per heavy atom. The lowest BCUT2D eigenvalue weighted by Crippen LogP contribution is -2.45. The summed E-state index contributed by atoms with van der Waals surface area (Å²) >= 11 is 0. The van der Waals surface area contributed by atoms with Gasteiger partial charge in [-0.15, -0.1) is 0 Å². The zero-order valence-corrected chi connectivity index (χ0v) is 12.9. The van der Waals surface area contributed by atoms with Crippen LogP contribution in [0, 0.1) is 11.8 Å². The van der Waals surface area contributed by atoms with Gasteiger partial charge in [-0.3, -0.25) is 4.79 Å². The van der Waals surface area contributed by atoms with Gasteiger partial charge in [-0.05, 0) is 33.6 Å². The summed E-state index contributed by atoms with van der Waals surface area (Å²) in [6.45, 7) is 12.5. The number of rotatable bonds is 7. The van der Waals surface area contributed by atoms with Gasteiger partial charge in [0.05, 0.1) is 19.1 Å². The highest BCUT2D eigenvalue weighted by Crippen LogP contribution is 2.21. The Bertz CT molecular complexity index is 293. The number of amides is 1. The molecule has 0 aromatic carbocycles. The Kier molecular flexibility index (Phi) is 8.19. The van der Waals surface area contributed by atoms with Crippen LogP contribution in [0.15, 0.2) is 0 Å². The first kappa shape index (κ1) is 17.7. The van der Waals surface area contributed by atoms with Crippen molar-refractivity contribution in [2.24, 2.45) is 11.8 Å². The summed E-state index contributed by atoms with van der Waals surface area (Å²) in [6.07, 6.45) is -0.333. The minimum atomic E-state index is -0.333. The molecule has 3 atom stereocenters. The van der Waals surface area contributed by atoms with Crippen LogP contribution in [0.4, 0.5) is 4.79 Å². The minimum Gasteiger partial charge on any atom is -0.466 e. The molecule has 3 unspecified atom stereocenters. The summed E-state index contributed by atoms with van der Waals surface area (Å²) in [5.41, 5.74) is 0. The summed E-state index contributed by atoms with van der Waals surface area (Å²) in [5, 5.41) is 0. The fourth-order valence-electron chi connectivity index (χ4n) is 1.98. The van der Waals surface area contributed by atoms with Gasteiger partial charge in [0, 0.05) is 12.6 Å². The molecule has 0 radical (unpaired) electrons. The Labute approximate surface area is 116 Å². The van der Waals surface area contributed by atoms with Crippen molar-refractivity contribution in [2.75, 3.05) is 19.8 Å². The van der Waals surface area contributed by atoms with E-state index in [9.17, 15) is 9.59 Å². The monoisotopic (exact) mass is 273 g/mol. The van der Waals surface area contributed by atoms with Crippen molar-refractivity contribution >= 4 is 12.1 Å². The van der Waals surface area contributed by atoms with Crippen molar-refractivity contribution < 1.29 is 19.1 Å². The van der Waals surface area contributed by atoms with Crippen molar-refractivity contribution in [3.05, 3.63) is 0 Å². The highest BCUT2D eigenvalue weighted by Gasteiger charge is 2.31. The second-order valence-corrected chi connectivity index (χ2v) is 4.63. The maximum Gasteiger partial charge on any atom is 0.409 e. The normalized spacial score (nSPS) is 15.3. The van der Waals surface area contributed by atoms with Crippen molar-refractivity contribution in [2.45, 2.75) is 47.6 Å². The number of esters is 1. The van der Waals surface area contributed by atoms with Crippen LogP contribution in [0.5, 0.6) is 0 Å². The van der Waals surface area contributed by atoms with Crippen LogP contribution >= 0.6 is 0 Å². The van der Waals surface area contributed by atoms with Gasteiger partial charge >= 0.3 is 12.1 Å². The topological polar surface area (TPSA) is 55.8 Å². The van der Waals surface area contributed by atoms with Crippen molar-refractivity contribution in [3.8, 4) is 0 Å². The number of ether oxygens (including phenoxy) is 2. The molecule has 5 nitrogen and oxygen atoms in total. The molecular weight excluding hydrogens is 246 g/mol. The van der Waals surface area contributed by atoms with E-state index < -0.39 is 0 Å². The minimum absolute atomic E-state index is 0.00315. The molecule has 0 N–H and O–H groups in total. The highest BCUT2D eigenvalue weighted by molar-refractivity contribution is 5.73. The number of carbonyl (C=O) groups is 2. The molecule has 0 aliphatic carbocycles. The van der Waals surface area contributed by atoms with Crippen molar-refractivity contribution in [1.29, 1.82) is 0 Å². The molecular formula is C14H27NO4. The van der Waals surface area contributed by atoms with Gasteiger partial charge in [-0.1, -0.05) is 13.8 Å². The average molecular weight is 273 g/mol. The third-order valence-corrected chi connectivity index (χ3v) is 3.54. The summed E-state index contributed by atoms with van der Waals surface area (Å²) in [7, 11) is 0. The third-order valence-electron chi connectivity index (χ3n) is 3.54. The fourth-order valence-corrected chi connectivity index (χ4v) is 1.98. The van der Waals surface area contributed by atoms with Crippen molar-refractivity contribution in [1.82, 2.24) is 4.90 Å². The first-order valence-corrected chi connectivity index (χ1v) is 7.00. The molecule has 5 heteroatoms. The van der Waals surface area contributed by atoms with Gasteiger partial charge in [0.25, 0.3) is 0 Å². The standard InChI is InChI=1S/C14H27NO4/c1-7-15(14(17)19-9-3)12(6)10(4)11(5)13(16)18-8-2/h10-12H,7-9H2,1-6H3. The van der Waals surface area contributed by atoms with E-state index in [4.69, 9.17) is 9.47 Å². The third kappa shape index (κ3) is 5.09. The predicted octanol–water partition coefficient (Wildman–Crippen LogP) is 2.69. The Morgan fingerprint density at radius 3 is 1.95 bits per heavy atom. The quantitative estimate of drug-likeness (QED) is 0.669. The Balaban J connectivity index is 4.71. The zero-order chi connectivity index (χ0) is 15.0. The highest BCUT2D eigenvalue weighted by atomic mass is 16.6. The molecule has 0 saturated carbocycles. The predicted molar refractivity (Wildman–Crippen MR) is 73.8 cm³/mol. The van der Waals surface area contributed by atoms with E-state index in [1.807, 2.05) is 27.7 Å². The number of hydrogen-bond acceptors (Lipinski definition) is 4. The zero-order valence-electron chi connectivity index (χ0n) is 12.9. The van der Waals surface area contributed by atoms with Crippen LogP contribution in [0.25, 0.3) is 0 Å². The van der Waals surface area contributed by atoms with Crippen LogP contribution in [0.2, 0.25) is 0 Å². The maximum absolute atomic E-state index is 11.8. The van der Waals surface area contributed by atoms with E-state index in [-0.39, 0.29) is 29.9 Å². The SMILES string of the molecule is CCOC(=O)C(C)C(C)C(C)N(CC)C(=O)OCC. The molecule has 112 valence electrons. The largest absolute Gasteiger partial charge is 0.466 e. The van der Waals surface area contributed by atoms with Gasteiger partial charge in [-0.25, -0.2) is 4.79 Å². The molecule has 0 spiro atoms. The molecule has 0 rings (SSSR count). The Morgan fingerprint density at radius 1 is 1.00 bits per heavy atom. The van der Waals surface area contributed by atoms with E-state index in [0.29, 0.717) is 19.8 Å². The molecule has 0 bridgehead atoms.